The number of carbonyl (C=O) groups is 1. The van der Waals surface area contributed by atoms with Crippen LogP contribution in [0.2, 0.25) is 0 Å². The third kappa shape index (κ3) is 3.38. The van der Waals surface area contributed by atoms with Crippen molar-refractivity contribution in [3.05, 3.63) is 54.1 Å². The molecule has 0 atom stereocenters. The number of anilines is 1. The van der Waals surface area contributed by atoms with E-state index < -0.39 is 5.91 Å². The molecule has 3 rings (SSSR count). The molecular formula is C17H19N3O2. The summed E-state index contributed by atoms with van der Waals surface area (Å²) in [5.41, 5.74) is 6.89. The van der Waals surface area contributed by atoms with E-state index in [9.17, 15) is 4.79 Å². The number of hydrogen-bond acceptors (Lipinski definition) is 4. The fraction of sp³-hybridized carbons (Fsp3) is 0.235. The van der Waals surface area contributed by atoms with E-state index in [0.29, 0.717) is 11.3 Å². The molecule has 0 radical (unpaired) electrons. The molecule has 0 unspecified atom stereocenters. The third-order valence-corrected chi connectivity index (χ3v) is 3.69. The van der Waals surface area contributed by atoms with E-state index in [1.165, 1.54) is 5.69 Å². The number of nitrogens with zero attached hydrogens (tertiary/aromatic N) is 1. The van der Waals surface area contributed by atoms with Crippen molar-refractivity contribution in [2.24, 2.45) is 5.73 Å². The van der Waals surface area contributed by atoms with Gasteiger partial charge in [-0.2, -0.15) is 0 Å². The lowest BCUT2D eigenvalue weighted by atomic mass is 10.2. The fourth-order valence-corrected chi connectivity index (χ4v) is 2.47. The number of carbonyl (C=O) groups excluding carboxylic acids is 1. The Labute approximate surface area is 129 Å². The van der Waals surface area contributed by atoms with Gasteiger partial charge in [-0.05, 0) is 48.5 Å². The van der Waals surface area contributed by atoms with E-state index in [1.54, 1.807) is 24.3 Å². The van der Waals surface area contributed by atoms with Crippen molar-refractivity contribution in [2.45, 2.75) is 0 Å². The predicted octanol–water partition coefficient (Wildman–Crippen LogP) is 1.99. The van der Waals surface area contributed by atoms with Gasteiger partial charge >= 0.3 is 0 Å². The number of nitrogens with one attached hydrogen (secondary N) is 1. The largest absolute Gasteiger partial charge is 0.457 e. The number of ether oxygens (including phenoxy) is 1. The van der Waals surface area contributed by atoms with Gasteiger partial charge in [-0.25, -0.2) is 0 Å². The van der Waals surface area contributed by atoms with Gasteiger partial charge in [0.25, 0.3) is 0 Å². The second-order valence-electron chi connectivity index (χ2n) is 5.22. The summed E-state index contributed by atoms with van der Waals surface area (Å²) in [6, 6.07) is 14.9. The Morgan fingerprint density at radius 1 is 0.955 bits per heavy atom. The van der Waals surface area contributed by atoms with Gasteiger partial charge in [0, 0.05) is 37.4 Å². The summed E-state index contributed by atoms with van der Waals surface area (Å²) >= 11 is 0. The van der Waals surface area contributed by atoms with Gasteiger partial charge in [0.15, 0.2) is 0 Å². The van der Waals surface area contributed by atoms with Crippen molar-refractivity contribution in [3.63, 3.8) is 0 Å². The summed E-state index contributed by atoms with van der Waals surface area (Å²) in [5.74, 6) is 1.01. The average Bonchev–Trinajstić information content (AvgIpc) is 2.57. The molecule has 1 heterocycles. The van der Waals surface area contributed by atoms with Crippen LogP contribution in [0.25, 0.3) is 0 Å². The summed E-state index contributed by atoms with van der Waals surface area (Å²) in [4.78, 5) is 13.4. The molecule has 1 aliphatic rings. The third-order valence-electron chi connectivity index (χ3n) is 3.69. The van der Waals surface area contributed by atoms with Gasteiger partial charge in [0.1, 0.15) is 11.5 Å². The van der Waals surface area contributed by atoms with Crippen molar-refractivity contribution in [1.82, 2.24) is 5.32 Å². The number of benzene rings is 2. The van der Waals surface area contributed by atoms with E-state index in [2.05, 4.69) is 22.3 Å². The molecule has 114 valence electrons. The second kappa shape index (κ2) is 6.49. The minimum Gasteiger partial charge on any atom is -0.457 e. The number of piperazine rings is 1. The lowest BCUT2D eigenvalue weighted by molar-refractivity contribution is 0.100. The topological polar surface area (TPSA) is 67.6 Å². The molecule has 0 bridgehead atoms. The average molecular weight is 297 g/mol. The quantitative estimate of drug-likeness (QED) is 0.905. The number of nitrogens with two attached hydrogens (primary N) is 1. The molecular weight excluding hydrogens is 278 g/mol. The SMILES string of the molecule is NC(=O)c1ccc(Oc2ccc(N3CCNCC3)cc2)cc1. The monoisotopic (exact) mass is 297 g/mol. The molecule has 1 aliphatic heterocycles. The molecule has 1 fully saturated rings. The molecule has 22 heavy (non-hydrogen) atoms. The van der Waals surface area contributed by atoms with E-state index in [-0.39, 0.29) is 0 Å². The van der Waals surface area contributed by atoms with Gasteiger partial charge in [-0.15, -0.1) is 0 Å². The van der Waals surface area contributed by atoms with E-state index >= 15 is 0 Å². The van der Waals surface area contributed by atoms with Crippen LogP contribution in [0.15, 0.2) is 48.5 Å². The summed E-state index contributed by atoms with van der Waals surface area (Å²) in [6.45, 7) is 4.08. The van der Waals surface area contributed by atoms with Crippen molar-refractivity contribution >= 4 is 11.6 Å². The van der Waals surface area contributed by atoms with Gasteiger partial charge in [0.05, 0.1) is 0 Å². The van der Waals surface area contributed by atoms with Crippen LogP contribution in [-0.2, 0) is 0 Å². The Balaban J connectivity index is 1.66. The standard InChI is InChI=1S/C17H19N3O2/c18-17(21)13-1-5-15(6-2-13)22-16-7-3-14(4-8-16)20-11-9-19-10-12-20/h1-8,19H,9-12H2,(H2,18,21). The fourth-order valence-electron chi connectivity index (χ4n) is 2.47. The molecule has 2 aromatic rings. The first-order valence-electron chi connectivity index (χ1n) is 7.36. The van der Waals surface area contributed by atoms with Crippen LogP contribution in [0.1, 0.15) is 10.4 Å². The minimum atomic E-state index is -0.438. The molecule has 5 heteroatoms. The molecule has 0 spiro atoms. The molecule has 2 aromatic carbocycles. The molecule has 3 N–H and O–H groups in total. The maximum Gasteiger partial charge on any atom is 0.248 e. The Hall–Kier alpha value is -2.53. The lowest BCUT2D eigenvalue weighted by Gasteiger charge is -2.29. The highest BCUT2D eigenvalue weighted by Gasteiger charge is 2.10. The van der Waals surface area contributed by atoms with Crippen LogP contribution >= 0.6 is 0 Å². The van der Waals surface area contributed by atoms with Crippen LogP contribution in [0.3, 0.4) is 0 Å². The predicted molar refractivity (Wildman–Crippen MR) is 86.6 cm³/mol. The normalized spacial score (nSPS) is 14.6. The number of hydrogen-bond donors (Lipinski definition) is 2. The smallest absolute Gasteiger partial charge is 0.248 e. The lowest BCUT2D eigenvalue weighted by Crippen LogP contribution is -2.43. The van der Waals surface area contributed by atoms with Gasteiger partial charge in [-0.3, -0.25) is 4.79 Å². The van der Waals surface area contributed by atoms with Crippen molar-refractivity contribution < 1.29 is 9.53 Å². The highest BCUT2D eigenvalue weighted by molar-refractivity contribution is 5.92. The van der Waals surface area contributed by atoms with E-state index in [4.69, 9.17) is 10.5 Å². The zero-order valence-corrected chi connectivity index (χ0v) is 12.3. The molecule has 1 amide bonds. The first kappa shape index (κ1) is 14.4. The first-order valence-corrected chi connectivity index (χ1v) is 7.36. The maximum atomic E-state index is 11.0. The van der Waals surface area contributed by atoms with Crippen LogP contribution in [0, 0.1) is 0 Å². The minimum absolute atomic E-state index is 0.438. The Kier molecular flexibility index (Phi) is 4.25. The molecule has 0 aromatic heterocycles. The molecule has 0 aliphatic carbocycles. The molecule has 5 nitrogen and oxygen atoms in total. The van der Waals surface area contributed by atoms with Crippen LogP contribution in [0.5, 0.6) is 11.5 Å². The summed E-state index contributed by atoms with van der Waals surface area (Å²) < 4.78 is 5.77. The van der Waals surface area contributed by atoms with Gasteiger partial charge < -0.3 is 20.7 Å². The number of rotatable bonds is 4. The Bertz CT molecular complexity index is 632. The number of amides is 1. The van der Waals surface area contributed by atoms with E-state index in [0.717, 1.165) is 31.9 Å². The van der Waals surface area contributed by atoms with E-state index in [1.807, 2.05) is 12.1 Å². The molecule has 0 saturated carbocycles. The summed E-state index contributed by atoms with van der Waals surface area (Å²) in [5, 5.41) is 3.34. The zero-order chi connectivity index (χ0) is 15.4. The summed E-state index contributed by atoms with van der Waals surface area (Å²) in [7, 11) is 0. The second-order valence-corrected chi connectivity index (χ2v) is 5.22. The van der Waals surface area contributed by atoms with Gasteiger partial charge in [0.2, 0.25) is 5.91 Å². The van der Waals surface area contributed by atoms with Crippen molar-refractivity contribution in [2.75, 3.05) is 31.1 Å². The van der Waals surface area contributed by atoms with Crippen molar-refractivity contribution in [1.29, 1.82) is 0 Å². The van der Waals surface area contributed by atoms with Crippen LogP contribution < -0.4 is 20.7 Å². The number of primary amides is 1. The van der Waals surface area contributed by atoms with Crippen LogP contribution in [0.4, 0.5) is 5.69 Å². The van der Waals surface area contributed by atoms with Crippen LogP contribution in [-0.4, -0.2) is 32.1 Å². The van der Waals surface area contributed by atoms with Gasteiger partial charge in [-0.1, -0.05) is 0 Å². The van der Waals surface area contributed by atoms with Crippen molar-refractivity contribution in [3.8, 4) is 11.5 Å². The Morgan fingerprint density at radius 2 is 1.50 bits per heavy atom. The Morgan fingerprint density at radius 3 is 2.05 bits per heavy atom. The molecule has 1 saturated heterocycles. The first-order chi connectivity index (χ1) is 10.7. The zero-order valence-electron chi connectivity index (χ0n) is 12.3. The highest BCUT2D eigenvalue weighted by Crippen LogP contribution is 2.25. The highest BCUT2D eigenvalue weighted by atomic mass is 16.5. The maximum absolute atomic E-state index is 11.0. The summed E-state index contributed by atoms with van der Waals surface area (Å²) in [6.07, 6.45) is 0.